The zero-order chi connectivity index (χ0) is 24.5. The highest BCUT2D eigenvalue weighted by Gasteiger charge is 2.22. The maximum Gasteiger partial charge on any atom is 0.243 e. The summed E-state index contributed by atoms with van der Waals surface area (Å²) in [6, 6.07) is 16.3. The molecule has 1 N–H and O–H groups in total. The Hall–Kier alpha value is -2.95. The quantitative estimate of drug-likeness (QED) is 0.364. The zero-order valence-electron chi connectivity index (χ0n) is 19.5. The molecule has 10 heteroatoms. The maximum absolute atomic E-state index is 12.9. The van der Waals surface area contributed by atoms with Gasteiger partial charge in [0, 0.05) is 24.2 Å². The van der Waals surface area contributed by atoms with Crippen molar-refractivity contribution < 1.29 is 13.2 Å². The molecule has 0 spiro atoms. The normalized spacial score (nSPS) is 13.0. The molecule has 0 saturated heterocycles. The van der Waals surface area contributed by atoms with E-state index < -0.39 is 15.3 Å². The first-order chi connectivity index (χ1) is 16.3. The third-order valence-electron chi connectivity index (χ3n) is 5.69. The van der Waals surface area contributed by atoms with Gasteiger partial charge in [0.1, 0.15) is 0 Å². The number of rotatable bonds is 8. The molecule has 1 unspecified atom stereocenters. The van der Waals surface area contributed by atoms with Crippen molar-refractivity contribution in [2.75, 3.05) is 18.4 Å². The monoisotopic (exact) mass is 497 g/mol. The van der Waals surface area contributed by atoms with Crippen LogP contribution in [0, 0.1) is 6.92 Å². The second-order valence-electron chi connectivity index (χ2n) is 7.88. The molecule has 0 bridgehead atoms. The summed E-state index contributed by atoms with van der Waals surface area (Å²) in [7, 11) is -3.54. The minimum atomic E-state index is -3.54. The molecular weight excluding hydrogens is 470 g/mol. The summed E-state index contributed by atoms with van der Waals surface area (Å²) in [6.45, 7) is 8.25. The summed E-state index contributed by atoms with van der Waals surface area (Å²) < 4.78 is 28.7. The summed E-state index contributed by atoms with van der Waals surface area (Å²) in [5.41, 5.74) is 3.37. The number of aryl methyl sites for hydroxylation is 1. The molecule has 34 heavy (non-hydrogen) atoms. The number of hydrogen-bond acceptors (Lipinski definition) is 6. The van der Waals surface area contributed by atoms with Gasteiger partial charge >= 0.3 is 0 Å². The molecular formula is C24H27N5O3S2. The Morgan fingerprint density at radius 3 is 2.44 bits per heavy atom. The van der Waals surface area contributed by atoms with Crippen molar-refractivity contribution in [3.63, 3.8) is 0 Å². The smallest absolute Gasteiger partial charge is 0.243 e. The van der Waals surface area contributed by atoms with Crippen molar-refractivity contribution in [2.45, 2.75) is 43.0 Å². The Labute approximate surface area is 203 Å². The van der Waals surface area contributed by atoms with Crippen molar-refractivity contribution >= 4 is 49.9 Å². The number of amides is 1. The third-order valence-corrected chi connectivity index (χ3v) is 8.80. The van der Waals surface area contributed by atoms with Crippen LogP contribution in [0.5, 0.6) is 0 Å². The van der Waals surface area contributed by atoms with Gasteiger partial charge in [-0.05, 0) is 55.8 Å². The van der Waals surface area contributed by atoms with Gasteiger partial charge in [0.25, 0.3) is 0 Å². The summed E-state index contributed by atoms with van der Waals surface area (Å²) in [6.07, 6.45) is 0. The highest BCUT2D eigenvalue weighted by atomic mass is 32.2. The predicted molar refractivity (Wildman–Crippen MR) is 136 cm³/mol. The molecule has 8 nitrogen and oxygen atoms in total. The van der Waals surface area contributed by atoms with Crippen LogP contribution >= 0.6 is 11.8 Å². The zero-order valence-corrected chi connectivity index (χ0v) is 21.2. The Bertz CT molecular complexity index is 1450. The number of carbonyl (C=O) groups excluding carboxylic acids is 1. The molecule has 0 radical (unpaired) electrons. The number of sulfonamides is 1. The molecule has 2 aromatic heterocycles. The van der Waals surface area contributed by atoms with Crippen LogP contribution in [-0.2, 0) is 14.8 Å². The lowest BCUT2D eigenvalue weighted by Gasteiger charge is -2.18. The molecule has 1 atom stereocenters. The maximum atomic E-state index is 12.9. The number of hydrogen-bond donors (Lipinski definition) is 1. The van der Waals surface area contributed by atoms with E-state index in [2.05, 4.69) is 21.6 Å². The van der Waals surface area contributed by atoms with E-state index >= 15 is 0 Å². The van der Waals surface area contributed by atoms with E-state index in [0.29, 0.717) is 23.9 Å². The third kappa shape index (κ3) is 4.53. The number of benzene rings is 2. The molecule has 4 aromatic rings. The molecule has 0 aliphatic rings. The van der Waals surface area contributed by atoms with Crippen LogP contribution in [0.2, 0.25) is 0 Å². The lowest BCUT2D eigenvalue weighted by Crippen LogP contribution is -2.30. The summed E-state index contributed by atoms with van der Waals surface area (Å²) in [5.74, 6) is -0.211. The average Bonchev–Trinajstić information content (AvgIpc) is 3.22. The standard InChI is InChI=1S/C24H27N5O3S2/c1-5-28(6-2)34(31,32)19-13-11-18(12-14-19)25-23(30)17(4)33-24-27-26-22-15-16(3)20-9-7-8-10-21(20)29(22)24/h7-15,17H,5-6H2,1-4H3,(H,25,30). The van der Waals surface area contributed by atoms with Gasteiger partial charge in [-0.25, -0.2) is 8.42 Å². The Balaban J connectivity index is 1.51. The van der Waals surface area contributed by atoms with Gasteiger partial charge in [0.2, 0.25) is 15.9 Å². The Morgan fingerprint density at radius 2 is 1.76 bits per heavy atom. The van der Waals surface area contributed by atoms with Gasteiger partial charge < -0.3 is 5.32 Å². The molecule has 0 aliphatic carbocycles. The van der Waals surface area contributed by atoms with Crippen LogP contribution < -0.4 is 5.32 Å². The van der Waals surface area contributed by atoms with E-state index in [0.717, 1.165) is 22.1 Å². The summed E-state index contributed by atoms with van der Waals surface area (Å²) in [5, 5.41) is 12.7. The van der Waals surface area contributed by atoms with Crippen molar-refractivity contribution in [3.05, 3.63) is 60.2 Å². The number of anilines is 1. The highest BCUT2D eigenvalue weighted by molar-refractivity contribution is 8.00. The van der Waals surface area contributed by atoms with Crippen molar-refractivity contribution in [2.24, 2.45) is 0 Å². The Kier molecular flexibility index (Phi) is 6.92. The molecule has 2 aromatic carbocycles. The number of nitrogens with zero attached hydrogens (tertiary/aromatic N) is 4. The molecule has 0 saturated carbocycles. The van der Waals surface area contributed by atoms with E-state index in [-0.39, 0.29) is 10.8 Å². The van der Waals surface area contributed by atoms with Gasteiger partial charge in [-0.2, -0.15) is 4.31 Å². The lowest BCUT2D eigenvalue weighted by molar-refractivity contribution is -0.115. The van der Waals surface area contributed by atoms with E-state index in [9.17, 15) is 13.2 Å². The molecule has 2 heterocycles. The minimum Gasteiger partial charge on any atom is -0.325 e. The lowest BCUT2D eigenvalue weighted by atomic mass is 10.1. The largest absolute Gasteiger partial charge is 0.325 e. The number of para-hydroxylation sites is 1. The molecule has 0 fully saturated rings. The topological polar surface area (TPSA) is 96.7 Å². The predicted octanol–water partition coefficient (Wildman–Crippen LogP) is 4.34. The van der Waals surface area contributed by atoms with E-state index in [4.69, 9.17) is 0 Å². The number of fused-ring (bicyclic) bond motifs is 3. The van der Waals surface area contributed by atoms with E-state index in [1.165, 1.54) is 28.2 Å². The van der Waals surface area contributed by atoms with Crippen LogP contribution in [-0.4, -0.2) is 51.6 Å². The summed E-state index contributed by atoms with van der Waals surface area (Å²) in [4.78, 5) is 13.1. The molecule has 1 amide bonds. The first-order valence-electron chi connectivity index (χ1n) is 11.1. The molecule has 4 rings (SSSR count). The second-order valence-corrected chi connectivity index (χ2v) is 11.1. The first-order valence-corrected chi connectivity index (χ1v) is 13.4. The van der Waals surface area contributed by atoms with Crippen LogP contribution in [0.1, 0.15) is 26.3 Å². The van der Waals surface area contributed by atoms with Gasteiger partial charge in [0.15, 0.2) is 10.8 Å². The van der Waals surface area contributed by atoms with Gasteiger partial charge in [-0.1, -0.05) is 43.8 Å². The average molecular weight is 498 g/mol. The van der Waals surface area contributed by atoms with Crippen LogP contribution in [0.25, 0.3) is 16.6 Å². The number of aromatic nitrogens is 3. The van der Waals surface area contributed by atoms with Crippen molar-refractivity contribution in [1.29, 1.82) is 0 Å². The first kappa shape index (κ1) is 24.2. The number of pyridine rings is 1. The van der Waals surface area contributed by atoms with Crippen molar-refractivity contribution in [1.82, 2.24) is 18.9 Å². The number of nitrogens with one attached hydrogen (secondary N) is 1. The fourth-order valence-corrected chi connectivity index (χ4v) is 6.15. The second kappa shape index (κ2) is 9.73. The van der Waals surface area contributed by atoms with Gasteiger partial charge in [0.05, 0.1) is 15.7 Å². The van der Waals surface area contributed by atoms with E-state index in [1.807, 2.05) is 35.6 Å². The number of thioether (sulfide) groups is 1. The SMILES string of the molecule is CCN(CC)S(=O)(=O)c1ccc(NC(=O)C(C)Sc2nnc3cc(C)c4ccccc4n23)cc1. The molecule has 0 aliphatic heterocycles. The fraction of sp³-hybridized carbons (Fsp3) is 0.292. The Morgan fingerprint density at radius 1 is 1.09 bits per heavy atom. The van der Waals surface area contributed by atoms with Crippen LogP contribution in [0.3, 0.4) is 0 Å². The van der Waals surface area contributed by atoms with Crippen molar-refractivity contribution in [3.8, 4) is 0 Å². The van der Waals surface area contributed by atoms with Crippen LogP contribution in [0.15, 0.2) is 64.6 Å². The fourth-order valence-electron chi connectivity index (χ4n) is 3.83. The molecule has 178 valence electrons. The number of carbonyl (C=O) groups is 1. The highest BCUT2D eigenvalue weighted by Crippen LogP contribution is 2.28. The van der Waals surface area contributed by atoms with Gasteiger partial charge in [-0.3, -0.25) is 9.20 Å². The minimum absolute atomic E-state index is 0.203. The van der Waals surface area contributed by atoms with Crippen LogP contribution in [0.4, 0.5) is 5.69 Å². The van der Waals surface area contributed by atoms with E-state index in [1.54, 1.807) is 32.9 Å². The summed E-state index contributed by atoms with van der Waals surface area (Å²) >= 11 is 1.32. The van der Waals surface area contributed by atoms with Gasteiger partial charge in [-0.15, -0.1) is 10.2 Å².